The Morgan fingerprint density at radius 1 is 1.12 bits per heavy atom. The third kappa shape index (κ3) is 4.04. The van der Waals surface area contributed by atoms with E-state index in [1.807, 2.05) is 18.3 Å². The molecule has 0 radical (unpaired) electrons. The summed E-state index contributed by atoms with van der Waals surface area (Å²) in [6.07, 6.45) is 17.0. The summed E-state index contributed by atoms with van der Waals surface area (Å²) >= 11 is 6.51. The van der Waals surface area contributed by atoms with Crippen LogP contribution < -0.4 is 5.32 Å². The van der Waals surface area contributed by atoms with E-state index in [0.29, 0.717) is 12.1 Å². The Kier molecular flexibility index (Phi) is 6.19. The highest BCUT2D eigenvalue weighted by atomic mass is 35.5. The second-order valence-electron chi connectivity index (χ2n) is 9.67. The van der Waals surface area contributed by atoms with Crippen LogP contribution >= 0.6 is 11.6 Å². The molecule has 2 fully saturated rings. The molecule has 1 N–H and O–H groups in total. The van der Waals surface area contributed by atoms with Gasteiger partial charge in [0.15, 0.2) is 0 Å². The quantitative estimate of drug-likeness (QED) is 0.746. The SMILES string of the molecule is CN(C)C1CCN(C2=CC=CC3NC(C4CCCC(c5ncccc5Cl)N4C)=CN23)CC1. The maximum Gasteiger partial charge on any atom is 0.124 e. The van der Waals surface area contributed by atoms with Crippen molar-refractivity contribution in [1.29, 1.82) is 0 Å². The number of aromatic nitrogens is 1. The van der Waals surface area contributed by atoms with E-state index in [4.69, 9.17) is 11.6 Å². The lowest BCUT2D eigenvalue weighted by atomic mass is 9.92. The molecule has 4 aliphatic heterocycles. The molecule has 1 aromatic rings. The molecular weight excluding hydrogens is 420 g/mol. The predicted molar refractivity (Wildman–Crippen MR) is 130 cm³/mol. The van der Waals surface area contributed by atoms with Crippen LogP contribution in [0.3, 0.4) is 0 Å². The fourth-order valence-corrected chi connectivity index (χ4v) is 5.98. The van der Waals surface area contributed by atoms with Gasteiger partial charge in [0.25, 0.3) is 0 Å². The molecule has 0 aliphatic carbocycles. The van der Waals surface area contributed by atoms with Crippen molar-refractivity contribution < 1.29 is 0 Å². The second kappa shape index (κ2) is 9.08. The van der Waals surface area contributed by atoms with Gasteiger partial charge in [-0.25, -0.2) is 0 Å². The summed E-state index contributed by atoms with van der Waals surface area (Å²) in [6, 6.07) is 5.14. The number of likely N-dealkylation sites (N-methyl/N-ethyl adjacent to an activating group) is 1. The Balaban J connectivity index is 1.33. The standard InChI is InChI=1S/C25H35ClN6/c1-29(2)18-12-15-31(16-13-18)24-11-5-10-23-28-20(17-32(23)24)21-8-4-9-22(30(21)3)25-19(26)7-6-14-27-25/h5-7,10-11,14,17-18,21-23,28H,4,8-9,12-13,15-16H2,1-3H3. The molecule has 0 spiro atoms. The number of piperidine rings is 2. The Morgan fingerprint density at radius 2 is 1.91 bits per heavy atom. The lowest BCUT2D eigenvalue weighted by molar-refractivity contribution is 0.129. The largest absolute Gasteiger partial charge is 0.363 e. The first-order valence-electron chi connectivity index (χ1n) is 11.9. The number of fused-ring (bicyclic) bond motifs is 1. The van der Waals surface area contributed by atoms with Gasteiger partial charge >= 0.3 is 0 Å². The van der Waals surface area contributed by atoms with Crippen LogP contribution in [-0.4, -0.2) is 77.1 Å². The predicted octanol–water partition coefficient (Wildman–Crippen LogP) is 3.77. The van der Waals surface area contributed by atoms with E-state index in [1.54, 1.807) is 0 Å². The molecule has 7 heteroatoms. The average Bonchev–Trinajstić information content (AvgIpc) is 3.24. The molecule has 0 saturated carbocycles. The van der Waals surface area contributed by atoms with Gasteiger partial charge in [-0.1, -0.05) is 17.7 Å². The molecule has 3 atom stereocenters. The summed E-state index contributed by atoms with van der Waals surface area (Å²) in [6.45, 7) is 2.22. The van der Waals surface area contributed by atoms with Gasteiger partial charge in [0.1, 0.15) is 12.0 Å². The van der Waals surface area contributed by atoms with Gasteiger partial charge in [-0.3, -0.25) is 9.88 Å². The van der Waals surface area contributed by atoms with E-state index in [2.05, 4.69) is 75.5 Å². The normalized spacial score (nSPS) is 29.1. The topological polar surface area (TPSA) is 37.9 Å². The Hall–Kier alpha value is -2.02. The zero-order valence-electron chi connectivity index (χ0n) is 19.4. The molecule has 0 aromatic carbocycles. The number of pyridine rings is 1. The Labute approximate surface area is 197 Å². The fraction of sp³-hybridized carbons (Fsp3) is 0.560. The van der Waals surface area contributed by atoms with E-state index >= 15 is 0 Å². The maximum absolute atomic E-state index is 6.51. The van der Waals surface area contributed by atoms with Crippen molar-refractivity contribution >= 4 is 11.6 Å². The van der Waals surface area contributed by atoms with Gasteiger partial charge in [0.2, 0.25) is 0 Å². The summed E-state index contributed by atoms with van der Waals surface area (Å²) in [5.41, 5.74) is 2.30. The highest BCUT2D eigenvalue weighted by Gasteiger charge is 2.38. The van der Waals surface area contributed by atoms with Crippen LogP contribution in [0.15, 0.2) is 54.3 Å². The molecule has 0 bridgehead atoms. The third-order valence-electron chi connectivity index (χ3n) is 7.61. The minimum atomic E-state index is 0.198. The second-order valence-corrected chi connectivity index (χ2v) is 10.1. The minimum absolute atomic E-state index is 0.198. The van der Waals surface area contributed by atoms with Gasteiger partial charge in [-0.05, 0) is 77.5 Å². The monoisotopic (exact) mass is 454 g/mol. The molecule has 5 rings (SSSR count). The summed E-state index contributed by atoms with van der Waals surface area (Å²) in [5, 5.41) is 4.57. The molecule has 2 saturated heterocycles. The van der Waals surface area contributed by atoms with Gasteiger partial charge in [-0.2, -0.15) is 0 Å². The van der Waals surface area contributed by atoms with E-state index in [9.17, 15) is 0 Å². The molecule has 0 amide bonds. The third-order valence-corrected chi connectivity index (χ3v) is 7.93. The maximum atomic E-state index is 6.51. The van der Waals surface area contributed by atoms with E-state index in [1.165, 1.54) is 30.8 Å². The minimum Gasteiger partial charge on any atom is -0.363 e. The molecule has 3 unspecified atom stereocenters. The number of nitrogens with one attached hydrogen (secondary N) is 1. The highest BCUT2D eigenvalue weighted by Crippen LogP contribution is 2.38. The van der Waals surface area contributed by atoms with Crippen molar-refractivity contribution in [3.8, 4) is 0 Å². The van der Waals surface area contributed by atoms with Crippen molar-refractivity contribution in [3.63, 3.8) is 0 Å². The van der Waals surface area contributed by atoms with E-state index < -0.39 is 0 Å². The van der Waals surface area contributed by atoms with Crippen LogP contribution in [0.2, 0.25) is 5.02 Å². The molecule has 172 valence electrons. The fourth-order valence-electron chi connectivity index (χ4n) is 5.73. The summed E-state index contributed by atoms with van der Waals surface area (Å²) in [7, 11) is 6.62. The number of hydrogen-bond acceptors (Lipinski definition) is 6. The summed E-state index contributed by atoms with van der Waals surface area (Å²) < 4.78 is 0. The van der Waals surface area contributed by atoms with Crippen molar-refractivity contribution in [2.75, 3.05) is 34.2 Å². The summed E-state index contributed by atoms with van der Waals surface area (Å²) in [4.78, 5) is 14.4. The van der Waals surface area contributed by atoms with Crippen molar-refractivity contribution in [3.05, 3.63) is 65.0 Å². The molecular formula is C25H35ClN6. The first-order chi connectivity index (χ1) is 15.5. The number of likely N-dealkylation sites (tertiary alicyclic amines) is 2. The van der Waals surface area contributed by atoms with Crippen molar-refractivity contribution in [2.45, 2.75) is 56.4 Å². The van der Waals surface area contributed by atoms with Gasteiger partial charge in [-0.15, -0.1) is 0 Å². The lowest BCUT2D eigenvalue weighted by Crippen LogP contribution is -2.47. The Bertz CT molecular complexity index is 917. The smallest absolute Gasteiger partial charge is 0.124 e. The van der Waals surface area contributed by atoms with Crippen LogP contribution in [0.1, 0.15) is 43.8 Å². The van der Waals surface area contributed by atoms with Gasteiger partial charge < -0.3 is 20.0 Å². The van der Waals surface area contributed by atoms with Crippen LogP contribution in [-0.2, 0) is 0 Å². The Morgan fingerprint density at radius 3 is 2.66 bits per heavy atom. The van der Waals surface area contributed by atoms with Crippen LogP contribution in [0.5, 0.6) is 0 Å². The van der Waals surface area contributed by atoms with Gasteiger partial charge in [0.05, 0.1) is 22.8 Å². The number of allylic oxidation sites excluding steroid dienone is 2. The van der Waals surface area contributed by atoms with E-state index in [-0.39, 0.29) is 12.2 Å². The number of halogens is 1. The lowest BCUT2D eigenvalue weighted by Gasteiger charge is -2.41. The first-order valence-corrected chi connectivity index (χ1v) is 12.3. The molecule has 5 heterocycles. The first kappa shape index (κ1) is 21.8. The number of hydrogen-bond donors (Lipinski definition) is 1. The number of nitrogens with zero attached hydrogens (tertiary/aromatic N) is 5. The van der Waals surface area contributed by atoms with E-state index in [0.717, 1.165) is 36.6 Å². The van der Waals surface area contributed by atoms with Crippen molar-refractivity contribution in [1.82, 2.24) is 29.9 Å². The molecule has 1 aromatic heterocycles. The van der Waals surface area contributed by atoms with Crippen LogP contribution in [0.4, 0.5) is 0 Å². The zero-order chi connectivity index (χ0) is 22.2. The molecule has 4 aliphatic rings. The zero-order valence-corrected chi connectivity index (χ0v) is 20.2. The molecule has 6 nitrogen and oxygen atoms in total. The van der Waals surface area contributed by atoms with Crippen molar-refractivity contribution in [2.24, 2.45) is 0 Å². The average molecular weight is 455 g/mol. The highest BCUT2D eigenvalue weighted by molar-refractivity contribution is 6.31. The van der Waals surface area contributed by atoms with Crippen LogP contribution in [0.25, 0.3) is 0 Å². The van der Waals surface area contributed by atoms with Crippen LogP contribution in [0, 0.1) is 0 Å². The summed E-state index contributed by atoms with van der Waals surface area (Å²) in [5.74, 6) is 1.32. The number of rotatable bonds is 4. The van der Waals surface area contributed by atoms with Gasteiger partial charge in [0, 0.05) is 37.2 Å². The molecule has 32 heavy (non-hydrogen) atoms.